The van der Waals surface area contributed by atoms with E-state index in [9.17, 15) is 14.4 Å². The van der Waals surface area contributed by atoms with Crippen LogP contribution in [0.3, 0.4) is 0 Å². The number of nitrogens with zero attached hydrogens (tertiary/aromatic N) is 3. The van der Waals surface area contributed by atoms with Crippen LogP contribution in [0.1, 0.15) is 16.7 Å². The molecule has 0 aliphatic carbocycles. The van der Waals surface area contributed by atoms with E-state index in [1.807, 2.05) is 49.4 Å². The lowest BCUT2D eigenvalue weighted by Gasteiger charge is -2.12. The SMILES string of the molecule is Cc1ccc(CN2C(=O)SC(=Cc3ccc4c(c3)n(C)c(=O)n4C)C2=O)cc1. The van der Waals surface area contributed by atoms with Gasteiger partial charge in [-0.15, -0.1) is 0 Å². The molecule has 0 saturated carbocycles. The first-order valence-corrected chi connectivity index (χ1v) is 9.63. The predicted molar refractivity (Wildman–Crippen MR) is 111 cm³/mol. The van der Waals surface area contributed by atoms with E-state index in [-0.39, 0.29) is 23.4 Å². The maximum Gasteiger partial charge on any atom is 0.328 e. The molecule has 0 N–H and O–H groups in total. The fraction of sp³-hybridized carbons (Fsp3) is 0.190. The van der Waals surface area contributed by atoms with Crippen molar-refractivity contribution in [3.05, 3.63) is 74.5 Å². The Labute approximate surface area is 166 Å². The van der Waals surface area contributed by atoms with Gasteiger partial charge in [0, 0.05) is 14.1 Å². The Morgan fingerprint density at radius 1 is 0.929 bits per heavy atom. The number of fused-ring (bicyclic) bond motifs is 1. The fourth-order valence-corrected chi connectivity index (χ4v) is 4.12. The minimum absolute atomic E-state index is 0.106. The van der Waals surface area contributed by atoms with Gasteiger partial charge in [0.2, 0.25) is 0 Å². The van der Waals surface area contributed by atoms with Crippen molar-refractivity contribution in [2.24, 2.45) is 14.1 Å². The molecule has 1 aliphatic heterocycles. The molecule has 2 aromatic carbocycles. The van der Waals surface area contributed by atoms with Gasteiger partial charge in [0.15, 0.2) is 0 Å². The van der Waals surface area contributed by atoms with Gasteiger partial charge in [-0.25, -0.2) is 4.79 Å². The maximum atomic E-state index is 12.7. The van der Waals surface area contributed by atoms with Crippen LogP contribution in [0.2, 0.25) is 0 Å². The minimum Gasteiger partial charge on any atom is -0.295 e. The van der Waals surface area contributed by atoms with E-state index in [2.05, 4.69) is 0 Å². The molecule has 0 unspecified atom stereocenters. The molecular formula is C21H19N3O3S. The Hall–Kier alpha value is -3.06. The molecule has 0 radical (unpaired) electrons. The zero-order valence-electron chi connectivity index (χ0n) is 15.8. The Bertz CT molecular complexity index is 1200. The normalized spacial score (nSPS) is 16.0. The lowest BCUT2D eigenvalue weighted by molar-refractivity contribution is -0.123. The van der Waals surface area contributed by atoms with Gasteiger partial charge < -0.3 is 0 Å². The number of imidazole rings is 1. The van der Waals surface area contributed by atoms with Crippen LogP contribution in [0.4, 0.5) is 4.79 Å². The molecule has 3 aromatic rings. The number of thioether (sulfide) groups is 1. The molecule has 142 valence electrons. The highest BCUT2D eigenvalue weighted by Gasteiger charge is 2.35. The maximum absolute atomic E-state index is 12.7. The Morgan fingerprint density at radius 2 is 1.61 bits per heavy atom. The molecule has 28 heavy (non-hydrogen) atoms. The van der Waals surface area contributed by atoms with Gasteiger partial charge in [0.25, 0.3) is 11.1 Å². The van der Waals surface area contributed by atoms with Crippen LogP contribution in [0.15, 0.2) is 52.2 Å². The molecule has 2 amide bonds. The smallest absolute Gasteiger partial charge is 0.295 e. The van der Waals surface area contributed by atoms with Crippen LogP contribution in [0, 0.1) is 6.92 Å². The third kappa shape index (κ3) is 3.07. The Morgan fingerprint density at radius 3 is 2.32 bits per heavy atom. The summed E-state index contributed by atoms with van der Waals surface area (Å²) in [5.74, 6) is -0.294. The summed E-state index contributed by atoms with van der Waals surface area (Å²) in [5, 5.41) is -0.273. The monoisotopic (exact) mass is 393 g/mol. The summed E-state index contributed by atoms with van der Waals surface area (Å²) in [6.45, 7) is 2.25. The van der Waals surface area contributed by atoms with Gasteiger partial charge in [-0.2, -0.15) is 0 Å². The average Bonchev–Trinajstić information content (AvgIpc) is 3.06. The van der Waals surface area contributed by atoms with E-state index in [0.29, 0.717) is 4.91 Å². The van der Waals surface area contributed by atoms with Crippen LogP contribution >= 0.6 is 11.8 Å². The third-order valence-electron chi connectivity index (χ3n) is 4.93. The largest absolute Gasteiger partial charge is 0.328 e. The molecule has 1 fully saturated rings. The predicted octanol–water partition coefficient (Wildman–Crippen LogP) is 3.42. The van der Waals surface area contributed by atoms with E-state index in [4.69, 9.17) is 0 Å². The molecule has 2 heterocycles. The van der Waals surface area contributed by atoms with Crippen molar-refractivity contribution >= 4 is 40.0 Å². The summed E-state index contributed by atoms with van der Waals surface area (Å²) < 4.78 is 3.14. The molecule has 1 aliphatic rings. The second-order valence-corrected chi connectivity index (χ2v) is 7.90. The first kappa shape index (κ1) is 18.3. The summed E-state index contributed by atoms with van der Waals surface area (Å²) in [4.78, 5) is 38.8. The van der Waals surface area contributed by atoms with E-state index in [1.54, 1.807) is 29.3 Å². The van der Waals surface area contributed by atoms with Crippen molar-refractivity contribution < 1.29 is 9.59 Å². The lowest BCUT2D eigenvalue weighted by atomic mass is 10.1. The van der Waals surface area contributed by atoms with Crippen molar-refractivity contribution in [3.63, 3.8) is 0 Å². The quantitative estimate of drug-likeness (QED) is 0.640. The second kappa shape index (κ2) is 6.83. The highest BCUT2D eigenvalue weighted by molar-refractivity contribution is 8.18. The van der Waals surface area contributed by atoms with Gasteiger partial charge in [0.05, 0.1) is 22.5 Å². The third-order valence-corrected chi connectivity index (χ3v) is 5.84. The number of hydrogen-bond donors (Lipinski definition) is 0. The fourth-order valence-electron chi connectivity index (χ4n) is 3.28. The molecule has 6 nitrogen and oxygen atoms in total. The number of amides is 2. The van der Waals surface area contributed by atoms with Gasteiger partial charge in [-0.05, 0) is 48.0 Å². The van der Waals surface area contributed by atoms with Gasteiger partial charge in [-0.1, -0.05) is 35.9 Å². The summed E-state index contributed by atoms with van der Waals surface area (Å²) in [7, 11) is 3.44. The topological polar surface area (TPSA) is 64.3 Å². The number of aromatic nitrogens is 2. The van der Waals surface area contributed by atoms with Crippen LogP contribution < -0.4 is 5.69 Å². The van der Waals surface area contributed by atoms with Crippen molar-refractivity contribution in [3.8, 4) is 0 Å². The van der Waals surface area contributed by atoms with Crippen molar-refractivity contribution in [1.29, 1.82) is 0 Å². The summed E-state index contributed by atoms with van der Waals surface area (Å²) >= 11 is 0.942. The van der Waals surface area contributed by atoms with E-state index >= 15 is 0 Å². The van der Waals surface area contributed by atoms with Crippen molar-refractivity contribution in [1.82, 2.24) is 14.0 Å². The first-order chi connectivity index (χ1) is 13.3. The standard InChI is InChI=1S/C21H19N3O3S/c1-13-4-6-14(7-5-13)12-24-19(25)18(28-21(24)27)11-15-8-9-16-17(10-15)23(3)20(26)22(16)2/h4-11H,12H2,1-3H3. The van der Waals surface area contributed by atoms with E-state index < -0.39 is 0 Å². The zero-order valence-corrected chi connectivity index (χ0v) is 16.6. The second-order valence-electron chi connectivity index (χ2n) is 6.90. The molecule has 0 bridgehead atoms. The molecule has 0 spiro atoms. The van der Waals surface area contributed by atoms with Crippen LogP contribution in [-0.2, 0) is 25.4 Å². The van der Waals surface area contributed by atoms with Crippen LogP contribution in [0.25, 0.3) is 17.1 Å². The van der Waals surface area contributed by atoms with Crippen LogP contribution in [0.5, 0.6) is 0 Å². The number of aryl methyl sites for hydroxylation is 3. The molecule has 7 heteroatoms. The molecular weight excluding hydrogens is 374 g/mol. The van der Waals surface area contributed by atoms with Gasteiger partial charge >= 0.3 is 5.69 Å². The highest BCUT2D eigenvalue weighted by Crippen LogP contribution is 2.33. The first-order valence-electron chi connectivity index (χ1n) is 8.81. The molecule has 4 rings (SSSR count). The molecule has 0 atom stereocenters. The number of imide groups is 1. The molecule has 1 saturated heterocycles. The number of carbonyl (C=O) groups is 2. The zero-order chi connectivity index (χ0) is 20.0. The summed E-state index contributed by atoms with van der Waals surface area (Å²) in [6.07, 6.45) is 1.71. The van der Waals surface area contributed by atoms with Gasteiger partial charge in [0.1, 0.15) is 0 Å². The molecule has 1 aromatic heterocycles. The number of hydrogen-bond acceptors (Lipinski definition) is 4. The lowest BCUT2D eigenvalue weighted by Crippen LogP contribution is -2.27. The minimum atomic E-state index is -0.294. The summed E-state index contributed by atoms with van der Waals surface area (Å²) in [6, 6.07) is 13.3. The highest BCUT2D eigenvalue weighted by atomic mass is 32.2. The van der Waals surface area contributed by atoms with Gasteiger partial charge in [-0.3, -0.25) is 23.6 Å². The van der Waals surface area contributed by atoms with Crippen LogP contribution in [-0.4, -0.2) is 25.2 Å². The Balaban J connectivity index is 1.63. The summed E-state index contributed by atoms with van der Waals surface area (Å²) in [5.41, 5.74) is 4.30. The number of benzene rings is 2. The van der Waals surface area contributed by atoms with Crippen molar-refractivity contribution in [2.75, 3.05) is 0 Å². The van der Waals surface area contributed by atoms with E-state index in [1.165, 1.54) is 4.90 Å². The average molecular weight is 393 g/mol. The van der Waals surface area contributed by atoms with Crippen molar-refractivity contribution in [2.45, 2.75) is 13.5 Å². The number of rotatable bonds is 3. The van der Waals surface area contributed by atoms with E-state index in [0.717, 1.165) is 39.5 Å². The Kier molecular flexibility index (Phi) is 4.47. The number of carbonyl (C=O) groups excluding carboxylic acids is 2.